The molecule has 1 aliphatic rings. The van der Waals surface area contributed by atoms with Crippen LogP contribution in [0.15, 0.2) is 24.3 Å². The van der Waals surface area contributed by atoms with E-state index in [9.17, 15) is 5.11 Å². The number of aliphatic hydroxyl groups is 1. The molecular weight excluding hydrogens is 246 g/mol. The second-order valence-corrected chi connectivity index (χ2v) is 6.92. The Morgan fingerprint density at radius 2 is 1.55 bits per heavy atom. The number of aliphatic hydroxyl groups excluding tert-OH is 1. The van der Waals surface area contributed by atoms with Crippen LogP contribution in [0.25, 0.3) is 0 Å². The summed E-state index contributed by atoms with van der Waals surface area (Å²) in [6.07, 6.45) is 2.23. The quantitative estimate of drug-likeness (QED) is 0.814. The highest BCUT2D eigenvalue weighted by Crippen LogP contribution is 2.29. The van der Waals surface area contributed by atoms with E-state index in [4.69, 9.17) is 0 Å². The van der Waals surface area contributed by atoms with E-state index in [1.54, 1.807) is 0 Å². The lowest BCUT2D eigenvalue weighted by molar-refractivity contribution is 0.101. The largest absolute Gasteiger partial charge is 0.387 e. The van der Waals surface area contributed by atoms with E-state index in [1.165, 1.54) is 18.4 Å². The van der Waals surface area contributed by atoms with Gasteiger partial charge >= 0.3 is 0 Å². The fourth-order valence-corrected chi connectivity index (χ4v) is 2.71. The molecule has 0 aliphatic heterocycles. The topological polar surface area (TPSA) is 23.5 Å². The molecule has 0 radical (unpaired) electrons. The van der Waals surface area contributed by atoms with Crippen molar-refractivity contribution in [1.29, 1.82) is 0 Å². The van der Waals surface area contributed by atoms with Crippen molar-refractivity contribution >= 4 is 0 Å². The van der Waals surface area contributed by atoms with Gasteiger partial charge in [0.25, 0.3) is 0 Å². The number of hydrogen-bond acceptors (Lipinski definition) is 2. The van der Waals surface area contributed by atoms with Crippen molar-refractivity contribution in [3.05, 3.63) is 35.4 Å². The van der Waals surface area contributed by atoms with Gasteiger partial charge in [-0.25, -0.2) is 0 Å². The smallest absolute Gasteiger partial charge is 0.0917 e. The Labute approximate surface area is 123 Å². The van der Waals surface area contributed by atoms with E-state index in [2.05, 4.69) is 56.9 Å². The standard InChI is InChI=1S/C18H29NO/c1-13(2)11-19(17-9-10-17)12-18(20)16-7-5-15(6-8-16)14(3)4/h5-8,13-14,17-18,20H,9-12H2,1-4H3. The van der Waals surface area contributed by atoms with Crippen molar-refractivity contribution in [1.82, 2.24) is 4.90 Å². The first-order chi connectivity index (χ1) is 9.47. The van der Waals surface area contributed by atoms with Gasteiger partial charge in [-0.1, -0.05) is 52.0 Å². The molecule has 2 heteroatoms. The summed E-state index contributed by atoms with van der Waals surface area (Å²) in [4.78, 5) is 2.46. The second kappa shape index (κ2) is 6.73. The zero-order valence-electron chi connectivity index (χ0n) is 13.3. The highest BCUT2D eigenvalue weighted by Gasteiger charge is 2.30. The third-order valence-electron chi connectivity index (χ3n) is 4.06. The van der Waals surface area contributed by atoms with Crippen LogP contribution in [0.4, 0.5) is 0 Å². The Morgan fingerprint density at radius 3 is 2.00 bits per heavy atom. The molecule has 20 heavy (non-hydrogen) atoms. The molecule has 0 bridgehead atoms. The molecule has 112 valence electrons. The van der Waals surface area contributed by atoms with Crippen LogP contribution in [0, 0.1) is 5.92 Å². The molecule has 1 aliphatic carbocycles. The fourth-order valence-electron chi connectivity index (χ4n) is 2.71. The van der Waals surface area contributed by atoms with Gasteiger partial charge in [-0.05, 0) is 35.8 Å². The van der Waals surface area contributed by atoms with E-state index in [-0.39, 0.29) is 6.10 Å². The summed E-state index contributed by atoms with van der Waals surface area (Å²) in [7, 11) is 0. The zero-order valence-corrected chi connectivity index (χ0v) is 13.3. The first-order valence-electron chi connectivity index (χ1n) is 7.99. The Morgan fingerprint density at radius 1 is 1.00 bits per heavy atom. The molecular formula is C18H29NO. The van der Waals surface area contributed by atoms with E-state index in [0.717, 1.165) is 18.7 Å². The van der Waals surface area contributed by atoms with E-state index < -0.39 is 0 Å². The maximum atomic E-state index is 10.5. The van der Waals surface area contributed by atoms with Crippen LogP contribution in [0.5, 0.6) is 0 Å². The highest BCUT2D eigenvalue weighted by molar-refractivity contribution is 5.26. The van der Waals surface area contributed by atoms with Crippen molar-refractivity contribution in [2.45, 2.75) is 58.6 Å². The lowest BCUT2D eigenvalue weighted by Crippen LogP contribution is -2.34. The molecule has 1 saturated carbocycles. The Hall–Kier alpha value is -0.860. The van der Waals surface area contributed by atoms with Gasteiger partial charge in [0.2, 0.25) is 0 Å². The number of nitrogens with zero attached hydrogens (tertiary/aromatic N) is 1. The predicted octanol–water partition coefficient (Wildman–Crippen LogP) is 3.96. The molecule has 2 rings (SSSR count). The van der Waals surface area contributed by atoms with E-state index in [0.29, 0.717) is 17.9 Å². The maximum Gasteiger partial charge on any atom is 0.0917 e. The molecule has 2 nitrogen and oxygen atoms in total. The molecule has 1 atom stereocenters. The Bertz CT molecular complexity index is 406. The van der Waals surface area contributed by atoms with Gasteiger partial charge in [0.05, 0.1) is 6.10 Å². The Kier molecular flexibility index (Phi) is 5.22. The van der Waals surface area contributed by atoms with Crippen molar-refractivity contribution in [3.63, 3.8) is 0 Å². The van der Waals surface area contributed by atoms with E-state index in [1.807, 2.05) is 0 Å². The van der Waals surface area contributed by atoms with Gasteiger partial charge in [0.15, 0.2) is 0 Å². The minimum Gasteiger partial charge on any atom is -0.387 e. The van der Waals surface area contributed by atoms with Crippen LogP contribution in [-0.2, 0) is 0 Å². The molecule has 1 aromatic carbocycles. The summed E-state index contributed by atoms with van der Waals surface area (Å²) >= 11 is 0. The minimum absolute atomic E-state index is 0.365. The molecule has 0 aromatic heterocycles. The van der Waals surface area contributed by atoms with Crippen molar-refractivity contribution in [3.8, 4) is 0 Å². The highest BCUT2D eigenvalue weighted by atomic mass is 16.3. The SMILES string of the molecule is CC(C)CN(CC(O)c1ccc(C(C)C)cc1)C1CC1. The van der Waals surface area contributed by atoms with Crippen molar-refractivity contribution in [2.24, 2.45) is 5.92 Å². The third kappa shape index (κ3) is 4.32. The zero-order chi connectivity index (χ0) is 14.7. The molecule has 0 amide bonds. The van der Waals surface area contributed by atoms with Gasteiger partial charge in [-0.2, -0.15) is 0 Å². The molecule has 1 N–H and O–H groups in total. The van der Waals surface area contributed by atoms with Gasteiger partial charge < -0.3 is 5.11 Å². The van der Waals surface area contributed by atoms with Crippen LogP contribution < -0.4 is 0 Å². The summed E-state index contributed by atoms with van der Waals surface area (Å²) in [5, 5.41) is 10.5. The maximum absolute atomic E-state index is 10.5. The summed E-state index contributed by atoms with van der Waals surface area (Å²) < 4.78 is 0. The summed E-state index contributed by atoms with van der Waals surface area (Å²) in [6, 6.07) is 9.17. The molecule has 0 spiro atoms. The monoisotopic (exact) mass is 275 g/mol. The average molecular weight is 275 g/mol. The van der Waals surface area contributed by atoms with Crippen molar-refractivity contribution in [2.75, 3.05) is 13.1 Å². The van der Waals surface area contributed by atoms with Gasteiger partial charge in [-0.3, -0.25) is 4.90 Å². The summed E-state index contributed by atoms with van der Waals surface area (Å²) in [5.74, 6) is 1.20. The number of rotatable bonds is 7. The third-order valence-corrected chi connectivity index (χ3v) is 4.06. The van der Waals surface area contributed by atoms with Gasteiger partial charge in [0.1, 0.15) is 0 Å². The first kappa shape index (κ1) is 15.5. The van der Waals surface area contributed by atoms with Gasteiger partial charge in [0, 0.05) is 19.1 Å². The predicted molar refractivity (Wildman–Crippen MR) is 84.9 cm³/mol. The molecule has 0 saturated heterocycles. The summed E-state index contributed by atoms with van der Waals surface area (Å²) in [6.45, 7) is 10.7. The lowest BCUT2D eigenvalue weighted by Gasteiger charge is -2.27. The van der Waals surface area contributed by atoms with Crippen LogP contribution >= 0.6 is 0 Å². The molecule has 1 aromatic rings. The fraction of sp³-hybridized carbons (Fsp3) is 0.667. The lowest BCUT2D eigenvalue weighted by atomic mass is 10.00. The number of benzene rings is 1. The first-order valence-corrected chi connectivity index (χ1v) is 7.99. The Balaban J connectivity index is 1.97. The minimum atomic E-state index is -0.365. The number of hydrogen-bond donors (Lipinski definition) is 1. The van der Waals surface area contributed by atoms with Gasteiger partial charge in [-0.15, -0.1) is 0 Å². The van der Waals surface area contributed by atoms with Crippen LogP contribution in [0.3, 0.4) is 0 Å². The molecule has 1 fully saturated rings. The molecule has 0 heterocycles. The van der Waals surface area contributed by atoms with Crippen LogP contribution in [-0.4, -0.2) is 29.1 Å². The van der Waals surface area contributed by atoms with Crippen LogP contribution in [0.1, 0.15) is 63.7 Å². The van der Waals surface area contributed by atoms with Crippen molar-refractivity contribution < 1.29 is 5.11 Å². The normalized spacial score (nSPS) is 17.2. The average Bonchev–Trinajstić information content (AvgIpc) is 3.21. The van der Waals surface area contributed by atoms with E-state index >= 15 is 0 Å². The second-order valence-electron chi connectivity index (χ2n) is 6.92. The molecule has 1 unspecified atom stereocenters. The summed E-state index contributed by atoms with van der Waals surface area (Å²) in [5.41, 5.74) is 2.38. The van der Waals surface area contributed by atoms with Crippen LogP contribution in [0.2, 0.25) is 0 Å².